The quantitative estimate of drug-likeness (QED) is 0.572. The van der Waals surface area contributed by atoms with Gasteiger partial charge in [-0.15, -0.1) is 0 Å². The Kier molecular flexibility index (Phi) is 4.10. The van der Waals surface area contributed by atoms with Crippen LogP contribution in [0.4, 0.5) is 13.2 Å². The summed E-state index contributed by atoms with van der Waals surface area (Å²) < 4.78 is 41.6. The molecule has 0 saturated carbocycles. The van der Waals surface area contributed by atoms with Crippen molar-refractivity contribution in [1.29, 1.82) is 0 Å². The minimum Gasteiger partial charge on any atom is -0.303 e. The maximum absolute atomic E-state index is 13.3. The first kappa shape index (κ1) is 16.9. The number of imidazole rings is 1. The molecule has 1 aliphatic carbocycles. The molecular weight excluding hydrogens is 337 g/mol. The summed E-state index contributed by atoms with van der Waals surface area (Å²) in [6.07, 6.45) is 3.13. The number of benzene rings is 2. The van der Waals surface area contributed by atoms with Crippen LogP contribution in [0.3, 0.4) is 0 Å². The highest BCUT2D eigenvalue weighted by atomic mass is 19.4. The Hall–Kier alpha value is -2.56. The molecule has 0 saturated heterocycles. The highest BCUT2D eigenvalue weighted by Gasteiger charge is 2.31. The number of aromatic nitrogens is 2. The van der Waals surface area contributed by atoms with Gasteiger partial charge in [-0.3, -0.25) is 0 Å². The van der Waals surface area contributed by atoms with Crippen molar-refractivity contribution in [2.75, 3.05) is 0 Å². The van der Waals surface area contributed by atoms with Crippen LogP contribution >= 0.6 is 0 Å². The Bertz CT molecular complexity index is 954. The van der Waals surface area contributed by atoms with Crippen LogP contribution in [0.25, 0.3) is 16.8 Å². The predicted molar refractivity (Wildman–Crippen MR) is 95.4 cm³/mol. The maximum Gasteiger partial charge on any atom is 0.416 e. The third-order valence-corrected chi connectivity index (χ3v) is 5.09. The standard InChI is InChI=1S/C21H19F3N2/c1-14-12-25-13-26(14)20-11-16(21(22,23)24)9-10-19(20)18-8-4-6-15-5-2-3-7-17(15)18/h4,6,8-13H,2-3,5,7H2,1H3. The average Bonchev–Trinajstić information content (AvgIpc) is 3.06. The lowest BCUT2D eigenvalue weighted by Crippen LogP contribution is -2.09. The van der Waals surface area contributed by atoms with Gasteiger partial charge in [-0.05, 0) is 61.4 Å². The highest BCUT2D eigenvalue weighted by molar-refractivity contribution is 5.77. The summed E-state index contributed by atoms with van der Waals surface area (Å²) in [5.41, 5.74) is 5.09. The Morgan fingerprint density at radius 2 is 1.81 bits per heavy atom. The molecule has 0 fully saturated rings. The van der Waals surface area contributed by atoms with E-state index < -0.39 is 11.7 Å². The first-order valence-corrected chi connectivity index (χ1v) is 8.77. The van der Waals surface area contributed by atoms with Crippen molar-refractivity contribution in [2.24, 2.45) is 0 Å². The summed E-state index contributed by atoms with van der Waals surface area (Å²) >= 11 is 0. The van der Waals surface area contributed by atoms with Gasteiger partial charge < -0.3 is 4.57 Å². The highest BCUT2D eigenvalue weighted by Crippen LogP contribution is 2.38. The second-order valence-electron chi connectivity index (χ2n) is 6.79. The van der Waals surface area contributed by atoms with Gasteiger partial charge >= 0.3 is 6.18 Å². The van der Waals surface area contributed by atoms with E-state index >= 15 is 0 Å². The summed E-state index contributed by atoms with van der Waals surface area (Å²) in [6, 6.07) is 10.1. The van der Waals surface area contributed by atoms with Gasteiger partial charge in [-0.25, -0.2) is 4.98 Å². The van der Waals surface area contributed by atoms with Crippen molar-refractivity contribution in [3.05, 3.63) is 71.3 Å². The van der Waals surface area contributed by atoms with Crippen LogP contribution in [0.15, 0.2) is 48.9 Å². The molecule has 1 aromatic heterocycles. The summed E-state index contributed by atoms with van der Waals surface area (Å²) in [5.74, 6) is 0. The van der Waals surface area contributed by atoms with E-state index in [0.717, 1.165) is 42.5 Å². The number of nitrogens with zero attached hydrogens (tertiary/aromatic N) is 2. The van der Waals surface area contributed by atoms with E-state index in [1.165, 1.54) is 23.3 Å². The second-order valence-corrected chi connectivity index (χ2v) is 6.79. The molecule has 1 heterocycles. The van der Waals surface area contributed by atoms with Crippen molar-refractivity contribution in [2.45, 2.75) is 38.8 Å². The zero-order chi connectivity index (χ0) is 18.3. The van der Waals surface area contributed by atoms with E-state index in [2.05, 4.69) is 11.1 Å². The van der Waals surface area contributed by atoms with Crippen LogP contribution in [-0.4, -0.2) is 9.55 Å². The zero-order valence-electron chi connectivity index (χ0n) is 14.5. The molecule has 4 rings (SSSR count). The number of hydrogen-bond donors (Lipinski definition) is 0. The molecule has 0 bridgehead atoms. The lowest BCUT2D eigenvalue weighted by atomic mass is 9.85. The second kappa shape index (κ2) is 6.31. The van der Waals surface area contributed by atoms with Crippen LogP contribution in [0.2, 0.25) is 0 Å². The van der Waals surface area contributed by atoms with E-state index in [4.69, 9.17) is 0 Å². The van der Waals surface area contributed by atoms with Crippen molar-refractivity contribution < 1.29 is 13.2 Å². The van der Waals surface area contributed by atoms with Crippen LogP contribution < -0.4 is 0 Å². The van der Waals surface area contributed by atoms with E-state index in [-0.39, 0.29) is 0 Å². The Balaban J connectivity index is 1.96. The molecule has 2 aromatic carbocycles. The molecule has 5 heteroatoms. The van der Waals surface area contributed by atoms with Crippen LogP contribution in [0, 0.1) is 6.92 Å². The fourth-order valence-corrected chi connectivity index (χ4v) is 3.78. The van der Waals surface area contributed by atoms with Gasteiger partial charge in [0.05, 0.1) is 17.6 Å². The number of fused-ring (bicyclic) bond motifs is 1. The van der Waals surface area contributed by atoms with E-state index in [1.54, 1.807) is 23.2 Å². The lowest BCUT2D eigenvalue weighted by Gasteiger charge is -2.22. The number of aryl methyl sites for hydroxylation is 2. The fourth-order valence-electron chi connectivity index (χ4n) is 3.78. The third kappa shape index (κ3) is 2.91. The van der Waals surface area contributed by atoms with Crippen LogP contribution in [0.5, 0.6) is 0 Å². The molecule has 0 spiro atoms. The summed E-state index contributed by atoms with van der Waals surface area (Å²) in [4.78, 5) is 4.09. The molecular formula is C21H19F3N2. The first-order valence-electron chi connectivity index (χ1n) is 8.77. The number of alkyl halides is 3. The summed E-state index contributed by atoms with van der Waals surface area (Å²) in [5, 5.41) is 0. The number of rotatable bonds is 2. The van der Waals surface area contributed by atoms with Gasteiger partial charge in [0.25, 0.3) is 0 Å². The van der Waals surface area contributed by atoms with Gasteiger partial charge in [-0.2, -0.15) is 13.2 Å². The van der Waals surface area contributed by atoms with Gasteiger partial charge in [0, 0.05) is 17.5 Å². The number of halogens is 3. The third-order valence-electron chi connectivity index (χ3n) is 5.09. The Morgan fingerprint density at radius 3 is 2.54 bits per heavy atom. The molecule has 26 heavy (non-hydrogen) atoms. The summed E-state index contributed by atoms with van der Waals surface area (Å²) in [6.45, 7) is 1.84. The minimum absolute atomic E-state index is 0.522. The molecule has 0 N–H and O–H groups in total. The molecule has 0 aliphatic heterocycles. The van der Waals surface area contributed by atoms with Crippen molar-refractivity contribution >= 4 is 0 Å². The Labute approximate surface area is 150 Å². The smallest absolute Gasteiger partial charge is 0.303 e. The molecule has 2 nitrogen and oxygen atoms in total. The topological polar surface area (TPSA) is 17.8 Å². The average molecular weight is 356 g/mol. The van der Waals surface area contributed by atoms with E-state index in [1.807, 2.05) is 19.1 Å². The van der Waals surface area contributed by atoms with Crippen LogP contribution in [-0.2, 0) is 19.0 Å². The minimum atomic E-state index is -4.38. The fraction of sp³-hybridized carbons (Fsp3) is 0.286. The van der Waals surface area contributed by atoms with E-state index in [0.29, 0.717) is 5.69 Å². The molecule has 0 unspecified atom stereocenters. The van der Waals surface area contributed by atoms with Gasteiger partial charge in [-0.1, -0.05) is 24.3 Å². The van der Waals surface area contributed by atoms with Crippen molar-refractivity contribution in [3.8, 4) is 16.8 Å². The molecule has 0 amide bonds. The van der Waals surface area contributed by atoms with Gasteiger partial charge in [0.2, 0.25) is 0 Å². The molecule has 0 atom stereocenters. The van der Waals surface area contributed by atoms with Crippen LogP contribution in [0.1, 0.15) is 35.2 Å². The first-order chi connectivity index (χ1) is 12.4. The number of hydrogen-bond acceptors (Lipinski definition) is 1. The van der Waals surface area contributed by atoms with Crippen molar-refractivity contribution in [1.82, 2.24) is 9.55 Å². The SMILES string of the molecule is Cc1cncn1-c1cc(C(F)(F)F)ccc1-c1cccc2c1CCCC2. The molecule has 3 aromatic rings. The molecule has 134 valence electrons. The largest absolute Gasteiger partial charge is 0.416 e. The van der Waals surface area contributed by atoms with Gasteiger partial charge in [0.1, 0.15) is 0 Å². The Morgan fingerprint density at radius 1 is 1.00 bits per heavy atom. The van der Waals surface area contributed by atoms with Crippen molar-refractivity contribution in [3.63, 3.8) is 0 Å². The predicted octanol–water partition coefficient (Wildman–Crippen LogP) is 5.75. The monoisotopic (exact) mass is 356 g/mol. The van der Waals surface area contributed by atoms with Gasteiger partial charge in [0.15, 0.2) is 0 Å². The maximum atomic E-state index is 13.3. The molecule has 1 aliphatic rings. The summed E-state index contributed by atoms with van der Waals surface area (Å²) in [7, 11) is 0. The normalized spacial score (nSPS) is 14.3. The van der Waals surface area contributed by atoms with E-state index in [9.17, 15) is 13.2 Å². The molecule has 0 radical (unpaired) electrons. The lowest BCUT2D eigenvalue weighted by molar-refractivity contribution is -0.137. The zero-order valence-corrected chi connectivity index (χ0v) is 14.5.